The molecule has 2 rings (SSSR count). The van der Waals surface area contributed by atoms with E-state index in [0.29, 0.717) is 0 Å². The van der Waals surface area contributed by atoms with Crippen molar-refractivity contribution in [3.8, 4) is 6.07 Å². The molecular formula is C15H12FN. The van der Waals surface area contributed by atoms with Gasteiger partial charge >= 0.3 is 0 Å². The first-order valence-electron chi connectivity index (χ1n) is 5.43. The molecule has 0 aliphatic heterocycles. The van der Waals surface area contributed by atoms with Gasteiger partial charge in [-0.1, -0.05) is 36.4 Å². The van der Waals surface area contributed by atoms with Gasteiger partial charge < -0.3 is 0 Å². The molecule has 0 saturated carbocycles. The first-order chi connectivity index (χ1) is 8.22. The summed E-state index contributed by atoms with van der Waals surface area (Å²) >= 11 is 0. The Balaban J connectivity index is 2.45. The third-order valence-electron chi connectivity index (χ3n) is 2.83. The first-order valence-corrected chi connectivity index (χ1v) is 5.43. The molecule has 0 saturated heterocycles. The largest absolute Gasteiger partial charge is 0.207 e. The maximum absolute atomic E-state index is 12.9. The third kappa shape index (κ3) is 2.34. The molecule has 0 bridgehead atoms. The molecule has 1 atom stereocenters. The highest BCUT2D eigenvalue weighted by molar-refractivity contribution is 5.41. The summed E-state index contributed by atoms with van der Waals surface area (Å²) in [6.07, 6.45) is 0. The van der Waals surface area contributed by atoms with Crippen molar-refractivity contribution in [2.75, 3.05) is 0 Å². The quantitative estimate of drug-likeness (QED) is 0.762. The van der Waals surface area contributed by atoms with Gasteiger partial charge in [0.1, 0.15) is 5.82 Å². The molecule has 2 aromatic carbocycles. The summed E-state index contributed by atoms with van der Waals surface area (Å²) in [6, 6.07) is 16.1. The van der Waals surface area contributed by atoms with Crippen LogP contribution < -0.4 is 0 Å². The van der Waals surface area contributed by atoms with E-state index < -0.39 is 0 Å². The zero-order valence-electron chi connectivity index (χ0n) is 9.52. The lowest BCUT2D eigenvalue weighted by atomic mass is 9.90. The minimum atomic E-state index is -0.336. The molecule has 1 nitrogen and oxygen atoms in total. The van der Waals surface area contributed by atoms with E-state index in [1.54, 1.807) is 12.1 Å². The van der Waals surface area contributed by atoms with E-state index in [1.807, 2.05) is 31.2 Å². The Morgan fingerprint density at radius 3 is 2.29 bits per heavy atom. The number of aryl methyl sites for hydroxylation is 1. The van der Waals surface area contributed by atoms with Crippen LogP contribution in [0, 0.1) is 24.1 Å². The molecule has 2 heteroatoms. The zero-order chi connectivity index (χ0) is 12.3. The fraction of sp³-hybridized carbons (Fsp3) is 0.133. The van der Waals surface area contributed by atoms with Gasteiger partial charge in [0.25, 0.3) is 0 Å². The molecule has 0 fully saturated rings. The second kappa shape index (κ2) is 4.80. The first kappa shape index (κ1) is 11.3. The Morgan fingerprint density at radius 1 is 1.06 bits per heavy atom. The fourth-order valence-corrected chi connectivity index (χ4v) is 1.89. The number of hydrogen-bond acceptors (Lipinski definition) is 1. The smallest absolute Gasteiger partial charge is 0.123 e. The molecule has 2 aromatic rings. The van der Waals surface area contributed by atoms with Crippen molar-refractivity contribution in [1.82, 2.24) is 0 Å². The monoisotopic (exact) mass is 225 g/mol. The van der Waals surface area contributed by atoms with Crippen LogP contribution in [0.5, 0.6) is 0 Å². The van der Waals surface area contributed by atoms with Crippen LogP contribution in [0.4, 0.5) is 4.39 Å². The third-order valence-corrected chi connectivity index (χ3v) is 2.83. The Morgan fingerprint density at radius 2 is 1.71 bits per heavy atom. The van der Waals surface area contributed by atoms with Crippen molar-refractivity contribution >= 4 is 0 Å². The molecule has 17 heavy (non-hydrogen) atoms. The van der Waals surface area contributed by atoms with Crippen LogP contribution in [0.3, 0.4) is 0 Å². The Kier molecular flexibility index (Phi) is 3.20. The van der Waals surface area contributed by atoms with E-state index >= 15 is 0 Å². The lowest BCUT2D eigenvalue weighted by Gasteiger charge is -2.12. The fourth-order valence-electron chi connectivity index (χ4n) is 1.89. The highest BCUT2D eigenvalue weighted by Crippen LogP contribution is 2.26. The number of nitriles is 1. The summed E-state index contributed by atoms with van der Waals surface area (Å²) < 4.78 is 12.9. The van der Waals surface area contributed by atoms with Gasteiger partial charge in [0.05, 0.1) is 12.0 Å². The predicted octanol–water partition coefficient (Wildman–Crippen LogP) is 3.79. The molecule has 0 radical (unpaired) electrons. The second-order valence-electron chi connectivity index (χ2n) is 3.97. The van der Waals surface area contributed by atoms with E-state index in [0.717, 1.165) is 16.7 Å². The van der Waals surface area contributed by atoms with E-state index in [4.69, 9.17) is 0 Å². The lowest BCUT2D eigenvalue weighted by Crippen LogP contribution is -2.00. The van der Waals surface area contributed by atoms with Crippen molar-refractivity contribution in [2.24, 2.45) is 0 Å². The van der Waals surface area contributed by atoms with Gasteiger partial charge in [-0.3, -0.25) is 0 Å². The highest BCUT2D eigenvalue weighted by atomic mass is 19.1. The van der Waals surface area contributed by atoms with Gasteiger partial charge in [-0.15, -0.1) is 0 Å². The van der Waals surface area contributed by atoms with E-state index in [2.05, 4.69) is 6.07 Å². The molecule has 0 amide bonds. The lowest BCUT2D eigenvalue weighted by molar-refractivity contribution is 0.627. The van der Waals surface area contributed by atoms with Crippen LogP contribution in [0.25, 0.3) is 0 Å². The summed E-state index contributed by atoms with van der Waals surface area (Å²) in [5.74, 6) is -0.618. The van der Waals surface area contributed by atoms with Gasteiger partial charge in [-0.25, -0.2) is 4.39 Å². The molecule has 0 N–H and O–H groups in total. The normalized spacial score (nSPS) is 11.8. The van der Waals surface area contributed by atoms with Crippen LogP contribution in [0.15, 0.2) is 48.5 Å². The van der Waals surface area contributed by atoms with E-state index in [-0.39, 0.29) is 11.7 Å². The molecule has 0 spiro atoms. The number of halogens is 1. The Hall–Kier alpha value is -2.14. The molecule has 0 aromatic heterocycles. The number of nitrogens with zero attached hydrogens (tertiary/aromatic N) is 1. The molecule has 0 aliphatic carbocycles. The molecule has 1 unspecified atom stereocenters. The van der Waals surface area contributed by atoms with Crippen LogP contribution in [-0.4, -0.2) is 0 Å². The van der Waals surface area contributed by atoms with Gasteiger partial charge in [0.15, 0.2) is 0 Å². The highest BCUT2D eigenvalue weighted by Gasteiger charge is 2.14. The minimum Gasteiger partial charge on any atom is -0.207 e. The zero-order valence-corrected chi connectivity index (χ0v) is 9.52. The summed E-state index contributed by atoms with van der Waals surface area (Å²) in [7, 11) is 0. The van der Waals surface area contributed by atoms with Crippen LogP contribution >= 0.6 is 0 Å². The van der Waals surface area contributed by atoms with E-state index in [1.165, 1.54) is 12.1 Å². The number of hydrogen-bond donors (Lipinski definition) is 0. The van der Waals surface area contributed by atoms with Crippen molar-refractivity contribution in [1.29, 1.82) is 5.26 Å². The van der Waals surface area contributed by atoms with Crippen LogP contribution in [0.1, 0.15) is 22.6 Å². The number of rotatable bonds is 2. The average molecular weight is 225 g/mol. The molecule has 84 valence electrons. The SMILES string of the molecule is Cc1ccccc1C(C#N)c1ccc(F)cc1. The van der Waals surface area contributed by atoms with Crippen molar-refractivity contribution in [3.63, 3.8) is 0 Å². The van der Waals surface area contributed by atoms with Crippen LogP contribution in [-0.2, 0) is 0 Å². The van der Waals surface area contributed by atoms with Gasteiger partial charge in [0, 0.05) is 0 Å². The maximum Gasteiger partial charge on any atom is 0.123 e. The average Bonchev–Trinajstić information content (AvgIpc) is 2.35. The van der Waals surface area contributed by atoms with Crippen molar-refractivity contribution in [2.45, 2.75) is 12.8 Å². The minimum absolute atomic E-state index is 0.282. The molecule has 0 aliphatic rings. The summed E-state index contributed by atoms with van der Waals surface area (Å²) in [5.41, 5.74) is 2.87. The number of benzene rings is 2. The molecule has 0 heterocycles. The Bertz CT molecular complexity index is 552. The van der Waals surface area contributed by atoms with Crippen molar-refractivity contribution in [3.05, 3.63) is 71.0 Å². The predicted molar refractivity (Wildman–Crippen MR) is 65.0 cm³/mol. The Labute approximate surface area is 100 Å². The topological polar surface area (TPSA) is 23.8 Å². The molecular weight excluding hydrogens is 213 g/mol. The van der Waals surface area contributed by atoms with Gasteiger partial charge in [0.2, 0.25) is 0 Å². The maximum atomic E-state index is 12.9. The summed E-state index contributed by atoms with van der Waals surface area (Å²) in [6.45, 7) is 1.98. The summed E-state index contributed by atoms with van der Waals surface area (Å²) in [4.78, 5) is 0. The second-order valence-corrected chi connectivity index (χ2v) is 3.97. The van der Waals surface area contributed by atoms with Gasteiger partial charge in [-0.2, -0.15) is 5.26 Å². The van der Waals surface area contributed by atoms with E-state index in [9.17, 15) is 9.65 Å². The van der Waals surface area contributed by atoms with Gasteiger partial charge in [-0.05, 0) is 35.7 Å². The summed E-state index contributed by atoms with van der Waals surface area (Å²) in [5, 5.41) is 9.28. The van der Waals surface area contributed by atoms with Crippen LogP contribution in [0.2, 0.25) is 0 Å². The van der Waals surface area contributed by atoms with Crippen molar-refractivity contribution < 1.29 is 4.39 Å². The standard InChI is InChI=1S/C15H12FN/c1-11-4-2-3-5-14(11)15(10-17)12-6-8-13(16)9-7-12/h2-9,15H,1H3.